The zero-order chi connectivity index (χ0) is 13.0. The summed E-state index contributed by atoms with van der Waals surface area (Å²) in [5, 5.41) is 7.67. The zero-order valence-corrected chi connectivity index (χ0v) is 11.3. The van der Waals surface area contributed by atoms with Gasteiger partial charge in [0.25, 0.3) is 0 Å². The average Bonchev–Trinajstić information content (AvgIpc) is 2.97. The van der Waals surface area contributed by atoms with E-state index < -0.39 is 0 Å². The molecule has 2 aromatic rings. The minimum atomic E-state index is 0.222. The second-order valence-corrected chi connectivity index (χ2v) is 4.49. The number of hydrogen-bond donors (Lipinski definition) is 1. The van der Waals surface area contributed by atoms with Crippen molar-refractivity contribution in [3.8, 4) is 0 Å². The maximum Gasteiger partial charge on any atom is 0.121 e. The van der Waals surface area contributed by atoms with Gasteiger partial charge < -0.3 is 9.73 Å². The van der Waals surface area contributed by atoms with E-state index in [1.165, 1.54) is 5.56 Å². The first-order valence-corrected chi connectivity index (χ1v) is 6.52. The van der Waals surface area contributed by atoms with Crippen LogP contribution in [0.15, 0.2) is 28.9 Å². The van der Waals surface area contributed by atoms with Gasteiger partial charge in [0, 0.05) is 19.7 Å². The molecule has 0 spiro atoms. The highest BCUT2D eigenvalue weighted by Gasteiger charge is 2.15. The van der Waals surface area contributed by atoms with Gasteiger partial charge in [-0.3, -0.25) is 4.68 Å². The van der Waals surface area contributed by atoms with Crippen molar-refractivity contribution in [1.82, 2.24) is 15.1 Å². The normalized spacial score (nSPS) is 12.8. The highest BCUT2D eigenvalue weighted by Crippen LogP contribution is 2.21. The Morgan fingerprint density at radius 1 is 1.39 bits per heavy atom. The Bertz CT molecular complexity index is 487. The van der Waals surface area contributed by atoms with Gasteiger partial charge in [-0.25, -0.2) is 0 Å². The highest BCUT2D eigenvalue weighted by atomic mass is 16.3. The van der Waals surface area contributed by atoms with Gasteiger partial charge in [0.2, 0.25) is 0 Å². The highest BCUT2D eigenvalue weighted by molar-refractivity contribution is 5.15. The summed E-state index contributed by atoms with van der Waals surface area (Å²) < 4.78 is 7.67. The molecule has 0 saturated heterocycles. The molecule has 4 heteroatoms. The van der Waals surface area contributed by atoms with E-state index in [2.05, 4.69) is 36.4 Å². The van der Waals surface area contributed by atoms with Crippen LogP contribution in [0.2, 0.25) is 0 Å². The lowest BCUT2D eigenvalue weighted by molar-refractivity contribution is 0.396. The molecule has 0 aliphatic carbocycles. The predicted molar refractivity (Wildman–Crippen MR) is 71.4 cm³/mol. The van der Waals surface area contributed by atoms with Gasteiger partial charge in [0.05, 0.1) is 12.2 Å². The van der Waals surface area contributed by atoms with Crippen LogP contribution in [0.4, 0.5) is 0 Å². The lowest BCUT2D eigenvalue weighted by Gasteiger charge is -2.14. The molecule has 98 valence electrons. The summed E-state index contributed by atoms with van der Waals surface area (Å²) in [6.45, 7) is 5.14. The van der Waals surface area contributed by atoms with Crippen LogP contribution in [-0.2, 0) is 19.9 Å². The van der Waals surface area contributed by atoms with Crippen LogP contribution in [0.25, 0.3) is 0 Å². The van der Waals surface area contributed by atoms with Crippen molar-refractivity contribution < 1.29 is 4.42 Å². The summed E-state index contributed by atoms with van der Waals surface area (Å²) in [6.07, 6.45) is 5.80. The van der Waals surface area contributed by atoms with Crippen molar-refractivity contribution in [3.63, 3.8) is 0 Å². The number of nitrogens with zero attached hydrogens (tertiary/aromatic N) is 2. The lowest BCUT2D eigenvalue weighted by Crippen LogP contribution is -2.22. The van der Waals surface area contributed by atoms with Gasteiger partial charge >= 0.3 is 0 Å². The van der Waals surface area contributed by atoms with Gasteiger partial charge in [-0.15, -0.1) is 0 Å². The average molecular weight is 247 g/mol. The minimum Gasteiger partial charge on any atom is -0.464 e. The second kappa shape index (κ2) is 5.87. The SMILES string of the molecule is CCNC(Cc1cnn(C)c1)c1ccc(CC)o1. The third-order valence-electron chi connectivity index (χ3n) is 3.02. The Kier molecular flexibility index (Phi) is 4.20. The first-order chi connectivity index (χ1) is 8.72. The van der Waals surface area contributed by atoms with Crippen LogP contribution in [0.1, 0.15) is 37.0 Å². The van der Waals surface area contributed by atoms with Crippen LogP contribution in [0.3, 0.4) is 0 Å². The molecule has 0 aliphatic rings. The number of rotatable bonds is 6. The Morgan fingerprint density at radius 2 is 2.22 bits per heavy atom. The standard InChI is InChI=1S/C14H21N3O/c1-4-12-6-7-14(18-12)13(15-5-2)8-11-9-16-17(3)10-11/h6-7,9-10,13,15H,4-5,8H2,1-3H3. The number of likely N-dealkylation sites (N-methyl/N-ethyl adjacent to an activating group) is 1. The number of hydrogen-bond acceptors (Lipinski definition) is 3. The lowest BCUT2D eigenvalue weighted by atomic mass is 10.1. The van der Waals surface area contributed by atoms with Crippen LogP contribution in [-0.4, -0.2) is 16.3 Å². The van der Waals surface area contributed by atoms with E-state index in [9.17, 15) is 0 Å². The molecule has 4 nitrogen and oxygen atoms in total. The number of furan rings is 1. The van der Waals surface area contributed by atoms with E-state index in [1.54, 1.807) is 0 Å². The smallest absolute Gasteiger partial charge is 0.121 e. The van der Waals surface area contributed by atoms with Gasteiger partial charge in [-0.2, -0.15) is 5.10 Å². The van der Waals surface area contributed by atoms with Crippen LogP contribution >= 0.6 is 0 Å². The van der Waals surface area contributed by atoms with Crippen molar-refractivity contribution in [2.75, 3.05) is 6.54 Å². The number of aromatic nitrogens is 2. The van der Waals surface area contributed by atoms with Gasteiger partial charge in [-0.05, 0) is 30.7 Å². The largest absolute Gasteiger partial charge is 0.464 e. The molecule has 2 aromatic heterocycles. The quantitative estimate of drug-likeness (QED) is 0.852. The summed E-state index contributed by atoms with van der Waals surface area (Å²) in [5.41, 5.74) is 1.22. The summed E-state index contributed by atoms with van der Waals surface area (Å²) in [7, 11) is 1.94. The molecule has 0 aromatic carbocycles. The molecule has 2 rings (SSSR count). The Labute approximate surface area is 108 Å². The van der Waals surface area contributed by atoms with Crippen molar-refractivity contribution in [2.45, 2.75) is 32.7 Å². The summed E-state index contributed by atoms with van der Waals surface area (Å²) in [6, 6.07) is 4.35. The molecule has 0 saturated carbocycles. The molecule has 2 heterocycles. The third-order valence-corrected chi connectivity index (χ3v) is 3.02. The molecule has 0 amide bonds. The molecule has 18 heavy (non-hydrogen) atoms. The zero-order valence-electron chi connectivity index (χ0n) is 11.3. The van der Waals surface area contributed by atoms with Gasteiger partial charge in [0.1, 0.15) is 11.5 Å². The molecule has 0 fully saturated rings. The molecule has 0 aliphatic heterocycles. The fourth-order valence-corrected chi connectivity index (χ4v) is 2.10. The predicted octanol–water partition coefficient (Wildman–Crippen LogP) is 2.47. The monoisotopic (exact) mass is 247 g/mol. The van der Waals surface area contributed by atoms with E-state index in [4.69, 9.17) is 4.42 Å². The number of aryl methyl sites for hydroxylation is 2. The summed E-state index contributed by atoms with van der Waals surface area (Å²) in [5.74, 6) is 2.05. The molecule has 0 radical (unpaired) electrons. The van der Waals surface area contributed by atoms with Gasteiger partial charge in [0.15, 0.2) is 0 Å². The molecule has 1 unspecified atom stereocenters. The Balaban J connectivity index is 2.12. The van der Waals surface area contributed by atoms with E-state index in [0.717, 1.165) is 30.9 Å². The molecular formula is C14H21N3O. The maximum atomic E-state index is 5.84. The summed E-state index contributed by atoms with van der Waals surface area (Å²) in [4.78, 5) is 0. The van der Waals surface area contributed by atoms with E-state index in [1.807, 2.05) is 24.1 Å². The van der Waals surface area contributed by atoms with E-state index >= 15 is 0 Å². The van der Waals surface area contributed by atoms with Crippen LogP contribution in [0.5, 0.6) is 0 Å². The van der Waals surface area contributed by atoms with Crippen molar-refractivity contribution >= 4 is 0 Å². The topological polar surface area (TPSA) is 43.0 Å². The summed E-state index contributed by atoms with van der Waals surface area (Å²) >= 11 is 0. The Hall–Kier alpha value is -1.55. The van der Waals surface area contributed by atoms with Gasteiger partial charge in [-0.1, -0.05) is 13.8 Å². The fourth-order valence-electron chi connectivity index (χ4n) is 2.10. The molecule has 1 N–H and O–H groups in total. The minimum absolute atomic E-state index is 0.222. The van der Waals surface area contributed by atoms with Crippen molar-refractivity contribution in [1.29, 1.82) is 0 Å². The maximum absolute atomic E-state index is 5.84. The molecule has 1 atom stereocenters. The number of nitrogens with one attached hydrogen (secondary N) is 1. The Morgan fingerprint density at radius 3 is 2.78 bits per heavy atom. The third kappa shape index (κ3) is 3.01. The molecule has 0 bridgehead atoms. The van der Waals surface area contributed by atoms with Crippen molar-refractivity contribution in [3.05, 3.63) is 41.6 Å². The van der Waals surface area contributed by atoms with Crippen molar-refractivity contribution in [2.24, 2.45) is 7.05 Å². The first kappa shape index (κ1) is 12.9. The van der Waals surface area contributed by atoms with Crippen LogP contribution in [0, 0.1) is 0 Å². The molecular weight excluding hydrogens is 226 g/mol. The second-order valence-electron chi connectivity index (χ2n) is 4.49. The van der Waals surface area contributed by atoms with E-state index in [-0.39, 0.29) is 6.04 Å². The van der Waals surface area contributed by atoms with Crippen LogP contribution < -0.4 is 5.32 Å². The first-order valence-electron chi connectivity index (χ1n) is 6.52. The van der Waals surface area contributed by atoms with E-state index in [0.29, 0.717) is 0 Å². The fraction of sp³-hybridized carbons (Fsp3) is 0.500.